The molecule has 3 rings (SSSR count). The lowest BCUT2D eigenvalue weighted by Gasteiger charge is -2.10. The van der Waals surface area contributed by atoms with Crippen LogP contribution in [0.25, 0.3) is 10.8 Å². The Labute approximate surface area is 119 Å². The topological polar surface area (TPSA) is 34.1 Å². The number of pyridine rings is 1. The Morgan fingerprint density at radius 2 is 2.20 bits per heavy atom. The quantitative estimate of drug-likeness (QED) is 0.815. The zero-order valence-electron chi connectivity index (χ0n) is 11.8. The van der Waals surface area contributed by atoms with Crippen LogP contribution in [0.3, 0.4) is 0 Å². The van der Waals surface area contributed by atoms with Gasteiger partial charge in [-0.3, -0.25) is 0 Å². The van der Waals surface area contributed by atoms with E-state index in [9.17, 15) is 0 Å². The molecular formula is C17H20N2O. The van der Waals surface area contributed by atoms with E-state index in [4.69, 9.17) is 4.74 Å². The van der Waals surface area contributed by atoms with E-state index in [0.717, 1.165) is 23.5 Å². The molecule has 0 amide bonds. The molecule has 1 fully saturated rings. The van der Waals surface area contributed by atoms with E-state index in [1.165, 1.54) is 18.2 Å². The van der Waals surface area contributed by atoms with Gasteiger partial charge in [0.05, 0.1) is 5.69 Å². The molecule has 0 radical (unpaired) electrons. The van der Waals surface area contributed by atoms with Crippen LogP contribution in [0.1, 0.15) is 25.5 Å². The second kappa shape index (κ2) is 6.06. The highest BCUT2D eigenvalue weighted by Crippen LogP contribution is 2.25. The first-order valence-electron chi connectivity index (χ1n) is 7.23. The highest BCUT2D eigenvalue weighted by atomic mass is 16.5. The molecule has 2 aromatic rings. The summed E-state index contributed by atoms with van der Waals surface area (Å²) in [6.45, 7) is 3.37. The van der Waals surface area contributed by atoms with Gasteiger partial charge in [-0.2, -0.15) is 0 Å². The maximum absolute atomic E-state index is 5.80. The van der Waals surface area contributed by atoms with E-state index < -0.39 is 0 Å². The summed E-state index contributed by atoms with van der Waals surface area (Å²) in [5.74, 6) is 0.730. The van der Waals surface area contributed by atoms with E-state index in [0.29, 0.717) is 12.6 Å². The molecule has 1 aliphatic rings. The van der Waals surface area contributed by atoms with Gasteiger partial charge in [0.1, 0.15) is 6.61 Å². The SMILES string of the molecule is CC=CCOc1nc(CNC2CC2)cc2ccccc12. The number of hydrogen-bond acceptors (Lipinski definition) is 3. The molecule has 1 aromatic heterocycles. The van der Waals surface area contributed by atoms with E-state index in [1.54, 1.807) is 0 Å². The number of rotatable bonds is 6. The second-order valence-corrected chi connectivity index (χ2v) is 5.18. The van der Waals surface area contributed by atoms with Crippen LogP contribution >= 0.6 is 0 Å². The van der Waals surface area contributed by atoms with E-state index in [-0.39, 0.29) is 0 Å². The number of aromatic nitrogens is 1. The molecule has 0 saturated heterocycles. The molecule has 1 heterocycles. The van der Waals surface area contributed by atoms with Gasteiger partial charge in [-0.05, 0) is 37.3 Å². The molecule has 1 N–H and O–H groups in total. The van der Waals surface area contributed by atoms with Crippen molar-refractivity contribution in [3.8, 4) is 5.88 Å². The highest BCUT2D eigenvalue weighted by Gasteiger charge is 2.20. The molecule has 0 atom stereocenters. The highest BCUT2D eigenvalue weighted by molar-refractivity contribution is 5.87. The van der Waals surface area contributed by atoms with Gasteiger partial charge in [0, 0.05) is 18.0 Å². The van der Waals surface area contributed by atoms with Gasteiger partial charge in [-0.1, -0.05) is 30.4 Å². The van der Waals surface area contributed by atoms with Crippen molar-refractivity contribution in [2.45, 2.75) is 32.4 Å². The van der Waals surface area contributed by atoms with Gasteiger partial charge in [-0.15, -0.1) is 0 Å². The van der Waals surface area contributed by atoms with Crippen molar-refractivity contribution in [1.82, 2.24) is 10.3 Å². The molecule has 0 spiro atoms. The number of allylic oxidation sites excluding steroid dienone is 1. The summed E-state index contributed by atoms with van der Waals surface area (Å²) in [7, 11) is 0. The molecule has 20 heavy (non-hydrogen) atoms. The molecule has 0 unspecified atom stereocenters. The summed E-state index contributed by atoms with van der Waals surface area (Å²) in [6.07, 6.45) is 6.56. The van der Waals surface area contributed by atoms with Gasteiger partial charge in [0.25, 0.3) is 0 Å². The summed E-state index contributed by atoms with van der Waals surface area (Å²) in [4.78, 5) is 4.65. The summed E-state index contributed by atoms with van der Waals surface area (Å²) >= 11 is 0. The van der Waals surface area contributed by atoms with Crippen molar-refractivity contribution in [3.63, 3.8) is 0 Å². The molecule has 3 nitrogen and oxygen atoms in total. The maximum atomic E-state index is 5.80. The summed E-state index contributed by atoms with van der Waals surface area (Å²) < 4.78 is 5.80. The van der Waals surface area contributed by atoms with Crippen LogP contribution in [-0.2, 0) is 6.54 Å². The van der Waals surface area contributed by atoms with E-state index in [1.807, 2.05) is 25.1 Å². The molecule has 104 valence electrons. The molecule has 1 aliphatic carbocycles. The number of hydrogen-bond donors (Lipinski definition) is 1. The van der Waals surface area contributed by atoms with Gasteiger partial charge < -0.3 is 10.1 Å². The molecule has 0 aliphatic heterocycles. The Morgan fingerprint density at radius 3 is 3.00 bits per heavy atom. The van der Waals surface area contributed by atoms with Gasteiger partial charge in [-0.25, -0.2) is 4.98 Å². The van der Waals surface area contributed by atoms with E-state index >= 15 is 0 Å². The lowest BCUT2D eigenvalue weighted by molar-refractivity contribution is 0.351. The normalized spacial score (nSPS) is 15.1. The Kier molecular flexibility index (Phi) is 3.97. The Balaban J connectivity index is 1.86. The fourth-order valence-electron chi connectivity index (χ4n) is 2.18. The van der Waals surface area contributed by atoms with Crippen molar-refractivity contribution >= 4 is 10.8 Å². The van der Waals surface area contributed by atoms with Crippen molar-refractivity contribution in [2.75, 3.05) is 6.61 Å². The third-order valence-corrected chi connectivity index (χ3v) is 3.46. The van der Waals surface area contributed by atoms with Crippen molar-refractivity contribution < 1.29 is 4.74 Å². The first kappa shape index (κ1) is 13.1. The van der Waals surface area contributed by atoms with Gasteiger partial charge in [0.2, 0.25) is 5.88 Å². The fourth-order valence-corrected chi connectivity index (χ4v) is 2.18. The maximum Gasteiger partial charge on any atom is 0.221 e. The van der Waals surface area contributed by atoms with Crippen LogP contribution in [-0.4, -0.2) is 17.6 Å². The second-order valence-electron chi connectivity index (χ2n) is 5.18. The van der Waals surface area contributed by atoms with Crippen LogP contribution in [0.2, 0.25) is 0 Å². The zero-order chi connectivity index (χ0) is 13.8. The van der Waals surface area contributed by atoms with Gasteiger partial charge in [0.15, 0.2) is 0 Å². The average Bonchev–Trinajstić information content (AvgIpc) is 3.29. The lowest BCUT2D eigenvalue weighted by Crippen LogP contribution is -2.16. The van der Waals surface area contributed by atoms with Crippen LogP contribution < -0.4 is 10.1 Å². The van der Waals surface area contributed by atoms with Crippen LogP contribution in [0, 0.1) is 0 Å². The summed E-state index contributed by atoms with van der Waals surface area (Å²) in [5, 5.41) is 5.76. The minimum absolute atomic E-state index is 0.563. The van der Waals surface area contributed by atoms with Crippen molar-refractivity contribution in [1.29, 1.82) is 0 Å². The minimum atomic E-state index is 0.563. The predicted molar refractivity (Wildman–Crippen MR) is 81.9 cm³/mol. The number of fused-ring (bicyclic) bond motifs is 1. The molecule has 3 heteroatoms. The standard InChI is InChI=1S/C17H20N2O/c1-2-3-10-20-17-16-7-5-4-6-13(16)11-15(19-17)12-18-14-8-9-14/h2-7,11,14,18H,8-10,12H2,1H3. The molecular weight excluding hydrogens is 248 g/mol. The monoisotopic (exact) mass is 268 g/mol. The molecule has 1 saturated carbocycles. The molecule has 0 bridgehead atoms. The van der Waals surface area contributed by atoms with Crippen molar-refractivity contribution in [2.24, 2.45) is 0 Å². The number of ether oxygens (including phenoxy) is 1. The summed E-state index contributed by atoms with van der Waals surface area (Å²) in [5.41, 5.74) is 1.05. The third-order valence-electron chi connectivity index (χ3n) is 3.46. The Hall–Kier alpha value is -1.87. The Bertz CT molecular complexity index is 617. The predicted octanol–water partition coefficient (Wildman–Crippen LogP) is 3.44. The number of benzene rings is 1. The van der Waals surface area contributed by atoms with Crippen LogP contribution in [0.15, 0.2) is 42.5 Å². The van der Waals surface area contributed by atoms with Crippen molar-refractivity contribution in [3.05, 3.63) is 48.2 Å². The number of nitrogens with one attached hydrogen (secondary N) is 1. The zero-order valence-corrected chi connectivity index (χ0v) is 11.8. The minimum Gasteiger partial charge on any atom is -0.473 e. The largest absolute Gasteiger partial charge is 0.473 e. The lowest BCUT2D eigenvalue weighted by atomic mass is 10.1. The smallest absolute Gasteiger partial charge is 0.221 e. The first-order valence-corrected chi connectivity index (χ1v) is 7.23. The average molecular weight is 268 g/mol. The van der Waals surface area contributed by atoms with Gasteiger partial charge >= 0.3 is 0 Å². The first-order chi connectivity index (χ1) is 9.86. The van der Waals surface area contributed by atoms with E-state index in [2.05, 4.69) is 34.6 Å². The Morgan fingerprint density at radius 1 is 1.35 bits per heavy atom. The van der Waals surface area contributed by atoms with Crippen LogP contribution in [0.5, 0.6) is 5.88 Å². The molecule has 1 aromatic carbocycles. The fraction of sp³-hybridized carbons (Fsp3) is 0.353. The summed E-state index contributed by atoms with van der Waals surface area (Å²) in [6, 6.07) is 11.1. The third kappa shape index (κ3) is 3.17. The number of nitrogens with zero attached hydrogens (tertiary/aromatic N) is 1. The van der Waals surface area contributed by atoms with Crippen LogP contribution in [0.4, 0.5) is 0 Å².